The molecule has 41 heavy (non-hydrogen) atoms. The van der Waals surface area contributed by atoms with Crippen LogP contribution < -0.4 is 15.2 Å². The van der Waals surface area contributed by atoms with E-state index in [1.165, 1.54) is 10.7 Å². The van der Waals surface area contributed by atoms with E-state index < -0.39 is 6.61 Å². The Balaban J connectivity index is 1.25. The highest BCUT2D eigenvalue weighted by molar-refractivity contribution is 5.84. The number of amides is 2. The molecule has 2 fully saturated rings. The van der Waals surface area contributed by atoms with Crippen molar-refractivity contribution in [3.05, 3.63) is 70.8 Å². The van der Waals surface area contributed by atoms with Crippen LogP contribution in [0.2, 0.25) is 0 Å². The molecule has 13 heteroatoms. The van der Waals surface area contributed by atoms with Crippen LogP contribution in [0.3, 0.4) is 0 Å². The molecule has 2 aliphatic heterocycles. The topological polar surface area (TPSA) is 109 Å². The van der Waals surface area contributed by atoms with Gasteiger partial charge in [-0.2, -0.15) is 8.78 Å². The number of urea groups is 1. The minimum absolute atomic E-state index is 0.0134. The summed E-state index contributed by atoms with van der Waals surface area (Å²) in [6.07, 6.45) is 3.45. The van der Waals surface area contributed by atoms with Gasteiger partial charge in [0.25, 0.3) is 5.56 Å². The third-order valence-corrected chi connectivity index (χ3v) is 7.73. The number of ether oxygens (including phenoxy) is 1. The maximum atomic E-state index is 13.0. The standard InChI is InChI=1S/C28H29F2N7O4/c1-33-25(39)22-7-6-18(12-23(22)37(33)15-19-4-2-3-5-24(19)41-26(29)30)20-13-31-27(32-14-20)34-8-9-36-21(16-34)17-35(10-11-38)28(36)40/h2-7,12-14,21,26,38H,8-11,15-17H2,1H3. The summed E-state index contributed by atoms with van der Waals surface area (Å²) in [7, 11) is 1.64. The molecule has 4 aromatic rings. The van der Waals surface area contributed by atoms with Gasteiger partial charge in [-0.25, -0.2) is 14.8 Å². The number of carbonyl (C=O) groups excluding carboxylic acids is 1. The minimum Gasteiger partial charge on any atom is -0.434 e. The predicted octanol–water partition coefficient (Wildman–Crippen LogP) is 2.37. The van der Waals surface area contributed by atoms with Crippen LogP contribution in [0.25, 0.3) is 22.0 Å². The molecule has 0 radical (unpaired) electrons. The van der Waals surface area contributed by atoms with E-state index >= 15 is 0 Å². The van der Waals surface area contributed by atoms with E-state index in [0.717, 1.165) is 11.1 Å². The summed E-state index contributed by atoms with van der Waals surface area (Å²) in [6.45, 7) is -0.211. The van der Waals surface area contributed by atoms with E-state index in [2.05, 4.69) is 19.6 Å². The summed E-state index contributed by atoms with van der Waals surface area (Å²) >= 11 is 0. The highest BCUT2D eigenvalue weighted by Crippen LogP contribution is 2.27. The minimum atomic E-state index is -2.96. The first-order chi connectivity index (χ1) is 19.8. The van der Waals surface area contributed by atoms with Gasteiger partial charge in [-0.05, 0) is 23.8 Å². The van der Waals surface area contributed by atoms with Crippen molar-refractivity contribution in [3.8, 4) is 16.9 Å². The zero-order chi connectivity index (χ0) is 28.7. The molecule has 214 valence electrons. The van der Waals surface area contributed by atoms with Crippen LogP contribution in [-0.4, -0.2) is 92.3 Å². The molecular formula is C28H29F2N7O4. The van der Waals surface area contributed by atoms with Crippen LogP contribution in [0.15, 0.2) is 59.7 Å². The smallest absolute Gasteiger partial charge is 0.387 e. The normalized spacial score (nSPS) is 17.1. The maximum absolute atomic E-state index is 13.0. The number of anilines is 1. The van der Waals surface area contributed by atoms with Gasteiger partial charge in [-0.15, -0.1) is 0 Å². The summed E-state index contributed by atoms with van der Waals surface area (Å²) in [5, 5.41) is 9.73. The molecule has 6 rings (SSSR count). The number of piperazine rings is 1. The van der Waals surface area contributed by atoms with Gasteiger partial charge in [0.15, 0.2) is 0 Å². The Hall–Kier alpha value is -4.52. The van der Waals surface area contributed by atoms with Gasteiger partial charge < -0.3 is 24.5 Å². The van der Waals surface area contributed by atoms with Gasteiger partial charge in [0.1, 0.15) is 5.75 Å². The number of rotatable bonds is 8. The van der Waals surface area contributed by atoms with Crippen molar-refractivity contribution in [1.82, 2.24) is 29.1 Å². The summed E-state index contributed by atoms with van der Waals surface area (Å²) in [6, 6.07) is 11.9. The number of aliphatic hydroxyl groups excluding tert-OH is 1. The summed E-state index contributed by atoms with van der Waals surface area (Å²) in [5.41, 5.74) is 2.50. The highest BCUT2D eigenvalue weighted by Gasteiger charge is 2.40. The Kier molecular flexibility index (Phi) is 7.03. The van der Waals surface area contributed by atoms with E-state index in [1.807, 2.05) is 17.0 Å². The lowest BCUT2D eigenvalue weighted by atomic mass is 10.1. The van der Waals surface area contributed by atoms with Crippen molar-refractivity contribution in [1.29, 1.82) is 0 Å². The monoisotopic (exact) mass is 565 g/mol. The molecule has 2 saturated heterocycles. The fraction of sp³-hybridized carbons (Fsp3) is 0.357. The van der Waals surface area contributed by atoms with Crippen LogP contribution in [0, 0.1) is 0 Å². The first-order valence-corrected chi connectivity index (χ1v) is 13.3. The van der Waals surface area contributed by atoms with E-state index in [9.17, 15) is 23.5 Å². The molecule has 0 saturated carbocycles. The zero-order valence-corrected chi connectivity index (χ0v) is 22.4. The van der Waals surface area contributed by atoms with Crippen molar-refractivity contribution in [2.24, 2.45) is 7.05 Å². The molecule has 4 heterocycles. The first kappa shape index (κ1) is 26.7. The number of β-amino-alcohol motifs (C(OH)–C–C–N with tert-alkyl or cyclic N) is 1. The van der Waals surface area contributed by atoms with Gasteiger partial charge >= 0.3 is 12.6 Å². The number of aliphatic hydroxyl groups is 1. The SMILES string of the molecule is Cn1c(=O)c2ccc(-c3cnc(N4CCN5C(=O)N(CCO)CC5C4)nc3)cc2n1Cc1ccccc1OC(F)F. The fourth-order valence-electron chi connectivity index (χ4n) is 5.65. The largest absolute Gasteiger partial charge is 0.434 e. The summed E-state index contributed by atoms with van der Waals surface area (Å²) in [5.74, 6) is 0.621. The van der Waals surface area contributed by atoms with Crippen LogP contribution in [-0.2, 0) is 13.6 Å². The van der Waals surface area contributed by atoms with Gasteiger partial charge in [-0.1, -0.05) is 24.3 Å². The highest BCUT2D eigenvalue weighted by atomic mass is 19.3. The van der Waals surface area contributed by atoms with E-state index in [-0.39, 0.29) is 36.5 Å². The lowest BCUT2D eigenvalue weighted by Gasteiger charge is -2.36. The average molecular weight is 566 g/mol. The second-order valence-corrected chi connectivity index (χ2v) is 10.1. The molecule has 0 bridgehead atoms. The number of para-hydroxylation sites is 1. The molecule has 11 nitrogen and oxygen atoms in total. The van der Waals surface area contributed by atoms with E-state index in [0.29, 0.717) is 55.1 Å². The molecular weight excluding hydrogens is 536 g/mol. The molecule has 0 spiro atoms. The molecule has 2 aromatic carbocycles. The van der Waals surface area contributed by atoms with Gasteiger partial charge in [-0.3, -0.25) is 14.2 Å². The number of hydrogen-bond donors (Lipinski definition) is 1. The second kappa shape index (κ2) is 10.8. The molecule has 2 aromatic heterocycles. The van der Waals surface area contributed by atoms with Crippen LogP contribution in [0.1, 0.15) is 5.56 Å². The molecule has 1 unspecified atom stereocenters. The quantitative estimate of drug-likeness (QED) is 0.350. The number of benzene rings is 2. The number of fused-ring (bicyclic) bond motifs is 2. The Morgan fingerprint density at radius 3 is 2.59 bits per heavy atom. The van der Waals surface area contributed by atoms with Crippen molar-refractivity contribution in [3.63, 3.8) is 0 Å². The zero-order valence-electron chi connectivity index (χ0n) is 22.4. The number of hydrogen-bond acceptors (Lipinski definition) is 7. The van der Waals surface area contributed by atoms with Crippen molar-refractivity contribution < 1.29 is 23.4 Å². The van der Waals surface area contributed by atoms with Crippen LogP contribution >= 0.6 is 0 Å². The van der Waals surface area contributed by atoms with Gasteiger partial charge in [0, 0.05) is 63.3 Å². The maximum Gasteiger partial charge on any atom is 0.387 e. The van der Waals surface area contributed by atoms with Crippen molar-refractivity contribution in [2.75, 3.05) is 44.2 Å². The van der Waals surface area contributed by atoms with Crippen LogP contribution in [0.4, 0.5) is 19.5 Å². The molecule has 1 atom stereocenters. The third-order valence-electron chi connectivity index (χ3n) is 7.73. The Bertz CT molecular complexity index is 1640. The third kappa shape index (κ3) is 4.97. The molecule has 0 aliphatic carbocycles. The molecule has 2 amide bonds. The van der Waals surface area contributed by atoms with E-state index in [1.54, 1.807) is 53.3 Å². The number of carbonyl (C=O) groups is 1. The first-order valence-electron chi connectivity index (χ1n) is 13.3. The lowest BCUT2D eigenvalue weighted by Crippen LogP contribution is -2.52. The number of halogens is 2. The second-order valence-electron chi connectivity index (χ2n) is 10.1. The summed E-state index contributed by atoms with van der Waals surface area (Å²) in [4.78, 5) is 40.2. The van der Waals surface area contributed by atoms with Crippen LogP contribution in [0.5, 0.6) is 5.75 Å². The van der Waals surface area contributed by atoms with Crippen molar-refractivity contribution >= 4 is 22.9 Å². The Labute approximate surface area is 233 Å². The van der Waals surface area contributed by atoms with Gasteiger partial charge in [0.2, 0.25) is 5.95 Å². The molecule has 2 aliphatic rings. The van der Waals surface area contributed by atoms with E-state index in [4.69, 9.17) is 0 Å². The number of nitrogens with zero attached hydrogens (tertiary/aromatic N) is 7. The van der Waals surface area contributed by atoms with Gasteiger partial charge in [0.05, 0.1) is 30.1 Å². The summed E-state index contributed by atoms with van der Waals surface area (Å²) < 4.78 is 33.8. The number of alkyl halides is 2. The molecule has 1 N–H and O–H groups in total. The lowest BCUT2D eigenvalue weighted by molar-refractivity contribution is -0.0505. The Morgan fingerprint density at radius 1 is 1.05 bits per heavy atom. The average Bonchev–Trinajstić information content (AvgIpc) is 3.41. The number of aromatic nitrogens is 4. The van der Waals surface area contributed by atoms with Crippen molar-refractivity contribution in [2.45, 2.75) is 19.2 Å². The Morgan fingerprint density at radius 2 is 1.83 bits per heavy atom. The predicted molar refractivity (Wildman–Crippen MR) is 147 cm³/mol. The fourth-order valence-corrected chi connectivity index (χ4v) is 5.65.